The van der Waals surface area contributed by atoms with Crippen molar-refractivity contribution in [3.8, 4) is 0 Å². The standard InChI is InChI=1S/C18H16N2O3/c21-14-8-13(19-14)11-6-9-7-12(11)16-15(9)17(22)20(18(16)23)10-4-2-1-3-5-10/h1-6,9,12-13,15-16H,7-8H2,(H,19,21). The quantitative estimate of drug-likeness (QED) is 0.508. The second-order valence-electron chi connectivity index (χ2n) is 6.90. The highest BCUT2D eigenvalue weighted by molar-refractivity contribution is 6.22. The number of hydrogen-bond acceptors (Lipinski definition) is 3. The first kappa shape index (κ1) is 13.0. The number of hydrogen-bond donors (Lipinski definition) is 1. The van der Waals surface area contributed by atoms with E-state index in [1.54, 1.807) is 12.1 Å². The van der Waals surface area contributed by atoms with Crippen LogP contribution in [0.2, 0.25) is 0 Å². The fourth-order valence-electron chi connectivity index (χ4n) is 4.82. The van der Waals surface area contributed by atoms with Crippen LogP contribution < -0.4 is 10.2 Å². The van der Waals surface area contributed by atoms with Crippen LogP contribution in [0.15, 0.2) is 42.0 Å². The van der Waals surface area contributed by atoms with Crippen molar-refractivity contribution in [3.63, 3.8) is 0 Å². The lowest BCUT2D eigenvalue weighted by molar-refractivity contribution is -0.127. The molecule has 2 heterocycles. The van der Waals surface area contributed by atoms with Crippen LogP contribution in [-0.4, -0.2) is 23.8 Å². The molecule has 2 bridgehead atoms. The first-order valence-corrected chi connectivity index (χ1v) is 8.09. The Morgan fingerprint density at radius 2 is 1.70 bits per heavy atom. The van der Waals surface area contributed by atoms with Crippen molar-refractivity contribution in [1.29, 1.82) is 0 Å². The number of rotatable bonds is 2. The van der Waals surface area contributed by atoms with Gasteiger partial charge in [-0.25, -0.2) is 0 Å². The van der Waals surface area contributed by atoms with Crippen molar-refractivity contribution in [2.75, 3.05) is 4.90 Å². The molecular formula is C18H16N2O3. The Morgan fingerprint density at radius 3 is 2.39 bits per heavy atom. The largest absolute Gasteiger partial charge is 0.349 e. The van der Waals surface area contributed by atoms with E-state index in [9.17, 15) is 14.4 Å². The molecule has 5 rings (SSSR count). The second-order valence-corrected chi connectivity index (χ2v) is 6.90. The Kier molecular flexibility index (Phi) is 2.45. The number of anilines is 1. The summed E-state index contributed by atoms with van der Waals surface area (Å²) in [5.41, 5.74) is 1.83. The molecule has 3 fully saturated rings. The van der Waals surface area contributed by atoms with E-state index in [2.05, 4.69) is 11.4 Å². The van der Waals surface area contributed by atoms with Crippen molar-refractivity contribution in [2.45, 2.75) is 18.9 Å². The summed E-state index contributed by atoms with van der Waals surface area (Å²) in [7, 11) is 0. The van der Waals surface area contributed by atoms with Crippen molar-refractivity contribution >= 4 is 23.4 Å². The lowest BCUT2D eigenvalue weighted by Gasteiger charge is -2.34. The topological polar surface area (TPSA) is 66.5 Å². The molecule has 1 aromatic carbocycles. The van der Waals surface area contributed by atoms with E-state index in [4.69, 9.17) is 0 Å². The molecule has 2 saturated heterocycles. The summed E-state index contributed by atoms with van der Waals surface area (Å²) in [6.07, 6.45) is 3.53. The number of carbonyl (C=O) groups is 3. The molecule has 23 heavy (non-hydrogen) atoms. The Morgan fingerprint density at radius 1 is 1.00 bits per heavy atom. The van der Waals surface area contributed by atoms with Crippen LogP contribution >= 0.6 is 0 Å². The molecule has 1 saturated carbocycles. The van der Waals surface area contributed by atoms with Crippen LogP contribution in [0.5, 0.6) is 0 Å². The number of β-lactam (4-membered cyclic amide) rings is 1. The molecule has 2 aliphatic carbocycles. The number of benzene rings is 1. The summed E-state index contributed by atoms with van der Waals surface area (Å²) >= 11 is 0. The highest BCUT2D eigenvalue weighted by Crippen LogP contribution is 2.57. The average Bonchev–Trinajstić information content (AvgIpc) is 3.17. The lowest BCUT2D eigenvalue weighted by atomic mass is 9.77. The first-order valence-electron chi connectivity index (χ1n) is 8.09. The fraction of sp³-hybridized carbons (Fsp3) is 0.389. The molecule has 5 heteroatoms. The maximum absolute atomic E-state index is 12.9. The number of amides is 3. The summed E-state index contributed by atoms with van der Waals surface area (Å²) in [5.74, 6) is -0.280. The van der Waals surface area contributed by atoms with Gasteiger partial charge in [-0.15, -0.1) is 0 Å². The van der Waals surface area contributed by atoms with Gasteiger partial charge in [0, 0.05) is 0 Å². The van der Waals surface area contributed by atoms with Gasteiger partial charge in [0.2, 0.25) is 17.7 Å². The molecule has 5 atom stereocenters. The zero-order chi connectivity index (χ0) is 15.7. The summed E-state index contributed by atoms with van der Waals surface area (Å²) in [6.45, 7) is 0. The molecule has 116 valence electrons. The van der Waals surface area contributed by atoms with Gasteiger partial charge in [0.05, 0.1) is 30.0 Å². The van der Waals surface area contributed by atoms with E-state index in [0.29, 0.717) is 12.1 Å². The Balaban J connectivity index is 1.48. The van der Waals surface area contributed by atoms with Crippen molar-refractivity contribution in [3.05, 3.63) is 42.0 Å². The maximum atomic E-state index is 12.9. The van der Waals surface area contributed by atoms with E-state index >= 15 is 0 Å². The van der Waals surface area contributed by atoms with Crippen LogP contribution in [-0.2, 0) is 14.4 Å². The van der Waals surface area contributed by atoms with Crippen LogP contribution in [0.1, 0.15) is 12.8 Å². The molecule has 5 unspecified atom stereocenters. The van der Waals surface area contributed by atoms with Crippen LogP contribution in [0, 0.1) is 23.7 Å². The van der Waals surface area contributed by atoms with Gasteiger partial charge in [-0.1, -0.05) is 24.3 Å². The van der Waals surface area contributed by atoms with Gasteiger partial charge in [0.1, 0.15) is 0 Å². The minimum atomic E-state index is -0.245. The number of fused-ring (bicyclic) bond motifs is 5. The Bertz CT molecular complexity index is 762. The van der Waals surface area contributed by atoms with Crippen LogP contribution in [0.4, 0.5) is 5.69 Å². The molecule has 1 aromatic rings. The molecule has 0 radical (unpaired) electrons. The van der Waals surface area contributed by atoms with E-state index in [1.165, 1.54) is 10.5 Å². The van der Waals surface area contributed by atoms with Crippen LogP contribution in [0.3, 0.4) is 0 Å². The predicted molar refractivity (Wildman–Crippen MR) is 82.1 cm³/mol. The van der Waals surface area contributed by atoms with Gasteiger partial charge < -0.3 is 5.32 Å². The molecule has 5 nitrogen and oxygen atoms in total. The smallest absolute Gasteiger partial charge is 0.238 e. The number of nitrogens with one attached hydrogen (secondary N) is 1. The third kappa shape index (κ3) is 1.59. The predicted octanol–water partition coefficient (Wildman–Crippen LogP) is 1.26. The molecule has 0 spiro atoms. The van der Waals surface area contributed by atoms with E-state index in [-0.39, 0.29) is 47.4 Å². The monoisotopic (exact) mass is 308 g/mol. The average molecular weight is 308 g/mol. The molecular weight excluding hydrogens is 292 g/mol. The highest BCUT2D eigenvalue weighted by Gasteiger charge is 2.62. The molecule has 0 aromatic heterocycles. The van der Waals surface area contributed by atoms with Gasteiger partial charge in [-0.3, -0.25) is 19.3 Å². The molecule has 2 aliphatic heterocycles. The van der Waals surface area contributed by atoms with Gasteiger partial charge in [0.25, 0.3) is 0 Å². The molecule has 4 aliphatic rings. The maximum Gasteiger partial charge on any atom is 0.238 e. The SMILES string of the molecule is O=C1CC(C2=CC3CC2C2C(=O)N(c4ccccc4)C(=O)C32)N1. The van der Waals surface area contributed by atoms with E-state index in [1.807, 2.05) is 18.2 Å². The van der Waals surface area contributed by atoms with Crippen molar-refractivity contribution < 1.29 is 14.4 Å². The van der Waals surface area contributed by atoms with Gasteiger partial charge in [0.15, 0.2) is 0 Å². The summed E-state index contributed by atoms with van der Waals surface area (Å²) in [4.78, 5) is 38.3. The fourth-order valence-corrected chi connectivity index (χ4v) is 4.82. The third-order valence-corrected chi connectivity index (χ3v) is 5.80. The number of nitrogens with zero attached hydrogens (tertiary/aromatic N) is 1. The van der Waals surface area contributed by atoms with Crippen molar-refractivity contribution in [2.24, 2.45) is 23.7 Å². The van der Waals surface area contributed by atoms with E-state index < -0.39 is 0 Å². The first-order chi connectivity index (χ1) is 11.1. The number of allylic oxidation sites excluding steroid dienone is 1. The minimum Gasteiger partial charge on any atom is -0.349 e. The van der Waals surface area contributed by atoms with Gasteiger partial charge in [-0.2, -0.15) is 0 Å². The summed E-state index contributed by atoms with van der Waals surface area (Å²) < 4.78 is 0. The number of para-hydroxylation sites is 1. The van der Waals surface area contributed by atoms with Crippen molar-refractivity contribution in [1.82, 2.24) is 5.32 Å². The summed E-state index contributed by atoms with van der Waals surface area (Å²) in [5, 5.41) is 2.90. The molecule has 1 N–H and O–H groups in total. The number of imide groups is 1. The Labute approximate surface area is 133 Å². The zero-order valence-electron chi connectivity index (χ0n) is 12.4. The highest BCUT2D eigenvalue weighted by atomic mass is 16.2. The van der Waals surface area contributed by atoms with Gasteiger partial charge in [-0.05, 0) is 36.0 Å². The number of carbonyl (C=O) groups excluding carboxylic acids is 3. The molecule has 3 amide bonds. The lowest BCUT2D eigenvalue weighted by Crippen LogP contribution is -2.51. The summed E-state index contributed by atoms with van der Waals surface area (Å²) in [6, 6.07) is 9.24. The Hall–Kier alpha value is -2.43. The minimum absolute atomic E-state index is 0.0633. The third-order valence-electron chi connectivity index (χ3n) is 5.80. The normalized spacial score (nSPS) is 37.6. The van der Waals surface area contributed by atoms with E-state index in [0.717, 1.165) is 6.42 Å². The zero-order valence-corrected chi connectivity index (χ0v) is 12.4. The second kappa shape index (κ2) is 4.31. The van der Waals surface area contributed by atoms with Gasteiger partial charge >= 0.3 is 0 Å². The van der Waals surface area contributed by atoms with Crippen LogP contribution in [0.25, 0.3) is 0 Å².